The molecule has 0 radical (unpaired) electrons. The Balaban J connectivity index is 1.46. The average molecular weight is 736 g/mol. The van der Waals surface area contributed by atoms with E-state index in [1.165, 1.54) is 6.08 Å². The van der Waals surface area contributed by atoms with Crippen molar-refractivity contribution in [1.29, 1.82) is 0 Å². The first kappa shape index (κ1) is 31.7. The van der Waals surface area contributed by atoms with Crippen molar-refractivity contribution in [3.05, 3.63) is 116 Å². The number of para-hydroxylation sites is 2. The molecule has 0 saturated carbocycles. The molecule has 0 unspecified atom stereocenters. The van der Waals surface area contributed by atoms with Gasteiger partial charge in [0.05, 0.1) is 21.6 Å². The number of halogens is 2. The highest BCUT2D eigenvalue weighted by Gasteiger charge is 2.43. The van der Waals surface area contributed by atoms with Gasteiger partial charge in [-0.25, -0.2) is 14.6 Å². The summed E-state index contributed by atoms with van der Waals surface area (Å²) in [5.74, 6) is -1.28. The third-order valence-electron chi connectivity index (χ3n) is 6.72. The van der Waals surface area contributed by atoms with Crippen molar-refractivity contribution in [3.8, 4) is 11.5 Å². The molecule has 1 aliphatic heterocycles. The minimum atomic E-state index is -0.779. The van der Waals surface area contributed by atoms with Gasteiger partial charge in [0.25, 0.3) is 17.7 Å². The number of carbonyl (C=O) groups excluding carboxylic acids is 4. The zero-order valence-electron chi connectivity index (χ0n) is 24.3. The second kappa shape index (κ2) is 14.0. The molecule has 1 aliphatic rings. The van der Waals surface area contributed by atoms with E-state index in [1.54, 1.807) is 97.9 Å². The van der Waals surface area contributed by atoms with E-state index >= 15 is 0 Å². The number of rotatable bonds is 9. The number of barbiturate groups is 1. The van der Waals surface area contributed by atoms with Crippen LogP contribution in [0.15, 0.2) is 96.6 Å². The van der Waals surface area contributed by atoms with Crippen molar-refractivity contribution in [1.82, 2.24) is 0 Å². The number of hydrogen-bond donors (Lipinski definition) is 1. The number of aryl methyl sites for hydroxylation is 1. The van der Waals surface area contributed by atoms with Crippen LogP contribution in [0.25, 0.3) is 6.08 Å². The minimum Gasteiger partial charge on any atom is -0.490 e. The number of benzene rings is 4. The highest BCUT2D eigenvalue weighted by Crippen LogP contribution is 2.36. The van der Waals surface area contributed by atoms with Crippen molar-refractivity contribution in [2.24, 2.45) is 0 Å². The van der Waals surface area contributed by atoms with Gasteiger partial charge in [0.1, 0.15) is 5.57 Å². The monoisotopic (exact) mass is 735 g/mol. The number of amides is 5. The Morgan fingerprint density at radius 2 is 1.47 bits per heavy atom. The molecule has 0 aliphatic carbocycles. The predicted molar refractivity (Wildman–Crippen MR) is 182 cm³/mol. The van der Waals surface area contributed by atoms with Crippen molar-refractivity contribution in [2.75, 3.05) is 28.3 Å². The molecule has 1 N–H and O–H groups in total. The molecule has 5 rings (SSSR count). The second-order valence-corrected chi connectivity index (χ2v) is 11.4. The maximum absolute atomic E-state index is 13.7. The fourth-order valence-electron chi connectivity index (χ4n) is 4.59. The summed E-state index contributed by atoms with van der Waals surface area (Å²) in [6.45, 7) is 3.65. The largest absolute Gasteiger partial charge is 0.490 e. The van der Waals surface area contributed by atoms with E-state index < -0.39 is 23.8 Å². The molecule has 9 nitrogen and oxygen atoms in total. The molecule has 228 valence electrons. The molecule has 5 amide bonds. The average Bonchev–Trinajstić information content (AvgIpc) is 3.02. The van der Waals surface area contributed by atoms with E-state index in [2.05, 4.69) is 5.32 Å². The summed E-state index contributed by atoms with van der Waals surface area (Å²) >= 11 is 8.20. The minimum absolute atomic E-state index is 0.217. The Bertz CT molecular complexity index is 1750. The first-order valence-corrected chi connectivity index (χ1v) is 15.3. The Kier molecular flexibility index (Phi) is 9.84. The fraction of sp³-hybridized carbons (Fsp3) is 0.118. The lowest BCUT2D eigenvalue weighted by molar-refractivity contribution is -0.121. The molecule has 0 bridgehead atoms. The highest BCUT2D eigenvalue weighted by molar-refractivity contribution is 14.1. The number of urea groups is 1. The molecule has 45 heavy (non-hydrogen) atoms. The molecule has 4 aromatic carbocycles. The lowest BCUT2D eigenvalue weighted by Crippen LogP contribution is -2.57. The van der Waals surface area contributed by atoms with Gasteiger partial charge in [0.2, 0.25) is 0 Å². The molecule has 1 heterocycles. The van der Waals surface area contributed by atoms with Gasteiger partial charge in [-0.05, 0) is 102 Å². The van der Waals surface area contributed by atoms with Crippen LogP contribution >= 0.6 is 34.2 Å². The summed E-state index contributed by atoms with van der Waals surface area (Å²) in [5, 5.41) is 3.28. The fourth-order valence-corrected chi connectivity index (χ4v) is 5.55. The Hall–Kier alpha value is -4.68. The third kappa shape index (κ3) is 7.02. The number of anilines is 3. The summed E-state index contributed by atoms with van der Waals surface area (Å²) < 4.78 is 12.3. The molecule has 0 spiro atoms. The Morgan fingerprint density at radius 1 is 0.867 bits per heavy atom. The van der Waals surface area contributed by atoms with Crippen LogP contribution in [0.2, 0.25) is 5.02 Å². The summed E-state index contributed by atoms with van der Waals surface area (Å²) in [6, 6.07) is 24.6. The van der Waals surface area contributed by atoms with Gasteiger partial charge < -0.3 is 14.8 Å². The van der Waals surface area contributed by atoms with Crippen LogP contribution in [0.5, 0.6) is 11.5 Å². The number of ether oxygens (including phenoxy) is 2. The summed E-state index contributed by atoms with van der Waals surface area (Å²) in [4.78, 5) is 55.6. The second-order valence-electron chi connectivity index (χ2n) is 9.86. The van der Waals surface area contributed by atoms with Crippen LogP contribution in [0, 0.1) is 10.5 Å². The van der Waals surface area contributed by atoms with Crippen LogP contribution in [0.1, 0.15) is 18.1 Å². The normalized spacial score (nSPS) is 13.2. The van der Waals surface area contributed by atoms with Gasteiger partial charge in [-0.1, -0.05) is 54.1 Å². The lowest BCUT2D eigenvalue weighted by atomic mass is 10.0. The van der Waals surface area contributed by atoms with E-state index in [4.69, 9.17) is 21.1 Å². The molecule has 0 atom stereocenters. The Morgan fingerprint density at radius 3 is 2.02 bits per heavy atom. The molecule has 1 saturated heterocycles. The number of nitrogens with one attached hydrogen (secondary N) is 1. The molecular weight excluding hydrogens is 709 g/mol. The number of hydrogen-bond acceptors (Lipinski definition) is 6. The van der Waals surface area contributed by atoms with Crippen molar-refractivity contribution < 1.29 is 28.7 Å². The van der Waals surface area contributed by atoms with Crippen molar-refractivity contribution in [3.63, 3.8) is 0 Å². The Labute approximate surface area is 278 Å². The van der Waals surface area contributed by atoms with E-state index in [1.807, 2.05) is 29.5 Å². The van der Waals surface area contributed by atoms with Gasteiger partial charge in [0, 0.05) is 10.7 Å². The molecule has 4 aromatic rings. The van der Waals surface area contributed by atoms with Crippen LogP contribution in [-0.4, -0.2) is 37.0 Å². The van der Waals surface area contributed by atoms with Crippen LogP contribution < -0.4 is 24.6 Å². The first-order chi connectivity index (χ1) is 21.7. The van der Waals surface area contributed by atoms with Crippen LogP contribution in [0.3, 0.4) is 0 Å². The summed E-state index contributed by atoms with van der Waals surface area (Å²) in [7, 11) is 0. The third-order valence-corrected chi connectivity index (χ3v) is 7.93. The smallest absolute Gasteiger partial charge is 0.343 e. The van der Waals surface area contributed by atoms with E-state index in [0.717, 1.165) is 15.4 Å². The molecule has 11 heteroatoms. The summed E-state index contributed by atoms with van der Waals surface area (Å²) in [6.07, 6.45) is 1.42. The van der Waals surface area contributed by atoms with Crippen LogP contribution in [-0.2, 0) is 14.4 Å². The molecule has 0 aromatic heterocycles. The van der Waals surface area contributed by atoms with Gasteiger partial charge >= 0.3 is 6.03 Å². The number of imide groups is 2. The highest BCUT2D eigenvalue weighted by atomic mass is 127. The van der Waals surface area contributed by atoms with Crippen molar-refractivity contribution >= 4 is 81.1 Å². The quantitative estimate of drug-likeness (QED) is 0.110. The zero-order valence-corrected chi connectivity index (χ0v) is 27.2. The molecule has 1 fully saturated rings. The summed E-state index contributed by atoms with van der Waals surface area (Å²) in [5.41, 5.74) is 2.32. The lowest BCUT2D eigenvalue weighted by Gasteiger charge is -2.34. The van der Waals surface area contributed by atoms with Gasteiger partial charge in [0.15, 0.2) is 18.1 Å². The van der Waals surface area contributed by atoms with E-state index in [-0.39, 0.29) is 18.8 Å². The topological polar surface area (TPSA) is 105 Å². The number of carbonyl (C=O) groups is 4. The van der Waals surface area contributed by atoms with Gasteiger partial charge in [-0.3, -0.25) is 14.4 Å². The maximum Gasteiger partial charge on any atom is 0.343 e. The van der Waals surface area contributed by atoms with Crippen molar-refractivity contribution in [2.45, 2.75) is 13.8 Å². The first-order valence-electron chi connectivity index (χ1n) is 13.9. The van der Waals surface area contributed by atoms with E-state index in [0.29, 0.717) is 42.7 Å². The van der Waals surface area contributed by atoms with Gasteiger partial charge in [-0.2, -0.15) is 0 Å². The predicted octanol–water partition coefficient (Wildman–Crippen LogP) is 7.25. The standard InChI is InChI=1S/C34H27ClIN3O6/c1-3-44-29-18-22(17-28(36)31(29)45-20-30(40)37-23-15-14-21(2)27(35)19-23)16-26-32(41)38(24-10-6-4-7-11-24)34(43)39(33(26)42)25-12-8-5-9-13-25/h4-19H,3,20H2,1-2H3,(H,37,40). The molecular formula is C34H27ClIN3O6. The maximum atomic E-state index is 13.7. The SMILES string of the molecule is CCOc1cc(C=C2C(=O)N(c3ccccc3)C(=O)N(c3ccccc3)C2=O)cc(I)c1OCC(=O)Nc1ccc(C)c(Cl)c1. The zero-order chi connectivity index (χ0) is 32.1. The van der Waals surface area contributed by atoms with Gasteiger partial charge in [-0.15, -0.1) is 0 Å². The van der Waals surface area contributed by atoms with Crippen LogP contribution in [0.4, 0.5) is 21.9 Å². The number of nitrogens with zero attached hydrogens (tertiary/aromatic N) is 2. The van der Waals surface area contributed by atoms with E-state index in [9.17, 15) is 19.2 Å².